The van der Waals surface area contributed by atoms with Crippen molar-refractivity contribution in [1.82, 2.24) is 24.6 Å². The van der Waals surface area contributed by atoms with E-state index in [1.54, 1.807) is 16.9 Å². The van der Waals surface area contributed by atoms with Gasteiger partial charge in [0.25, 0.3) is 5.91 Å². The average molecular weight is 326 g/mol. The molecule has 4 heterocycles. The number of anilines is 1. The predicted molar refractivity (Wildman–Crippen MR) is 89.8 cm³/mol. The maximum absolute atomic E-state index is 12.6. The zero-order valence-corrected chi connectivity index (χ0v) is 14.1. The molecule has 24 heavy (non-hydrogen) atoms. The van der Waals surface area contributed by atoms with Crippen LogP contribution >= 0.6 is 0 Å². The smallest absolute Gasteiger partial charge is 0.274 e. The highest BCUT2D eigenvalue weighted by Gasteiger charge is 2.36. The van der Waals surface area contributed by atoms with E-state index >= 15 is 0 Å². The number of amides is 1. The van der Waals surface area contributed by atoms with Crippen LogP contribution in [0.25, 0.3) is 0 Å². The zero-order chi connectivity index (χ0) is 16.7. The Morgan fingerprint density at radius 3 is 2.62 bits per heavy atom. The van der Waals surface area contributed by atoms with Crippen molar-refractivity contribution < 1.29 is 4.79 Å². The number of likely N-dealkylation sites (tertiary alicyclic amines) is 1. The number of aromatic nitrogens is 4. The largest absolute Gasteiger partial charge is 0.357 e. The molecule has 1 unspecified atom stereocenters. The van der Waals surface area contributed by atoms with Crippen molar-refractivity contribution in [2.45, 2.75) is 32.2 Å². The van der Waals surface area contributed by atoms with Crippen molar-refractivity contribution in [3.8, 4) is 0 Å². The third-order valence-electron chi connectivity index (χ3n) is 4.83. The molecule has 7 heteroatoms. The quantitative estimate of drug-likeness (QED) is 0.859. The summed E-state index contributed by atoms with van der Waals surface area (Å²) in [5.41, 5.74) is 1.44. The number of aryl methyl sites for hydroxylation is 2. The molecule has 0 N–H and O–H groups in total. The van der Waals surface area contributed by atoms with Gasteiger partial charge in [-0.05, 0) is 32.3 Å². The molecule has 2 saturated heterocycles. The second-order valence-electron chi connectivity index (χ2n) is 6.57. The lowest BCUT2D eigenvalue weighted by atomic mass is 9.98. The lowest BCUT2D eigenvalue weighted by Crippen LogP contribution is -2.45. The minimum atomic E-state index is -0.0224. The Kier molecular flexibility index (Phi) is 3.70. The second-order valence-corrected chi connectivity index (χ2v) is 6.57. The Morgan fingerprint density at radius 2 is 2.00 bits per heavy atom. The van der Waals surface area contributed by atoms with E-state index < -0.39 is 0 Å². The van der Waals surface area contributed by atoms with E-state index in [-0.39, 0.29) is 11.9 Å². The van der Waals surface area contributed by atoms with E-state index in [1.807, 2.05) is 18.9 Å². The minimum Gasteiger partial charge on any atom is -0.357 e. The van der Waals surface area contributed by atoms with Gasteiger partial charge in [0.2, 0.25) is 0 Å². The summed E-state index contributed by atoms with van der Waals surface area (Å²) in [7, 11) is 1.82. The SMILES string of the molecule is Cc1nc(C2CCN2C(=O)c2ccn(C)n2)cc(N2CCCC2)n1. The molecular weight excluding hydrogens is 304 g/mol. The highest BCUT2D eigenvalue weighted by molar-refractivity contribution is 5.93. The van der Waals surface area contributed by atoms with Gasteiger partial charge in [0.1, 0.15) is 17.3 Å². The summed E-state index contributed by atoms with van der Waals surface area (Å²) in [6, 6.07) is 3.85. The van der Waals surface area contributed by atoms with Crippen molar-refractivity contribution in [2.75, 3.05) is 24.5 Å². The molecule has 0 radical (unpaired) electrons. The average Bonchev–Trinajstić information content (AvgIpc) is 3.16. The van der Waals surface area contributed by atoms with Gasteiger partial charge in [-0.3, -0.25) is 9.48 Å². The molecule has 7 nitrogen and oxygen atoms in total. The van der Waals surface area contributed by atoms with Crippen molar-refractivity contribution in [3.05, 3.63) is 35.5 Å². The van der Waals surface area contributed by atoms with Crippen LogP contribution in [0.2, 0.25) is 0 Å². The van der Waals surface area contributed by atoms with Crippen LogP contribution in [-0.2, 0) is 7.05 Å². The van der Waals surface area contributed by atoms with Crippen molar-refractivity contribution in [1.29, 1.82) is 0 Å². The molecule has 126 valence electrons. The van der Waals surface area contributed by atoms with Crippen LogP contribution in [0.5, 0.6) is 0 Å². The highest BCUT2D eigenvalue weighted by atomic mass is 16.2. The molecule has 2 aliphatic rings. The van der Waals surface area contributed by atoms with Crippen molar-refractivity contribution >= 4 is 11.7 Å². The van der Waals surface area contributed by atoms with Crippen LogP contribution in [0.3, 0.4) is 0 Å². The van der Waals surface area contributed by atoms with Crippen LogP contribution in [-0.4, -0.2) is 50.2 Å². The third-order valence-corrected chi connectivity index (χ3v) is 4.83. The maximum Gasteiger partial charge on any atom is 0.274 e. The lowest BCUT2D eigenvalue weighted by molar-refractivity contribution is 0.0443. The number of hydrogen-bond acceptors (Lipinski definition) is 5. The van der Waals surface area contributed by atoms with Gasteiger partial charge in [0.15, 0.2) is 0 Å². The highest BCUT2D eigenvalue weighted by Crippen LogP contribution is 2.34. The molecular formula is C17H22N6O. The van der Waals surface area contributed by atoms with Crippen LogP contribution in [0.15, 0.2) is 18.3 Å². The Hall–Kier alpha value is -2.44. The first-order valence-corrected chi connectivity index (χ1v) is 8.53. The Balaban J connectivity index is 1.58. The van der Waals surface area contributed by atoms with Gasteiger partial charge in [-0.1, -0.05) is 0 Å². The molecule has 2 aliphatic heterocycles. The van der Waals surface area contributed by atoms with Gasteiger partial charge in [-0.25, -0.2) is 9.97 Å². The molecule has 2 fully saturated rings. The van der Waals surface area contributed by atoms with E-state index in [2.05, 4.69) is 26.0 Å². The number of rotatable bonds is 3. The summed E-state index contributed by atoms with van der Waals surface area (Å²) in [5, 5.41) is 4.22. The molecule has 2 aromatic heterocycles. The molecule has 0 aromatic carbocycles. The molecule has 0 spiro atoms. The molecule has 4 rings (SSSR count). The summed E-state index contributed by atoms with van der Waals surface area (Å²) in [4.78, 5) is 26.0. The van der Waals surface area contributed by atoms with E-state index in [4.69, 9.17) is 0 Å². The number of nitrogens with zero attached hydrogens (tertiary/aromatic N) is 6. The van der Waals surface area contributed by atoms with Crippen LogP contribution < -0.4 is 4.90 Å². The lowest BCUT2D eigenvalue weighted by Gasteiger charge is -2.40. The summed E-state index contributed by atoms with van der Waals surface area (Å²) in [5.74, 6) is 1.74. The first kappa shape index (κ1) is 15.1. The third kappa shape index (κ3) is 2.64. The molecule has 2 aromatic rings. The van der Waals surface area contributed by atoms with Crippen molar-refractivity contribution in [2.24, 2.45) is 7.05 Å². The number of carbonyl (C=O) groups excluding carboxylic acids is 1. The molecule has 0 bridgehead atoms. The Labute approximate surface area is 141 Å². The summed E-state index contributed by atoms with van der Waals surface area (Å²) in [6.07, 6.45) is 5.16. The summed E-state index contributed by atoms with van der Waals surface area (Å²) < 4.78 is 1.66. The van der Waals surface area contributed by atoms with Gasteiger partial charge in [-0.2, -0.15) is 5.10 Å². The van der Waals surface area contributed by atoms with Crippen molar-refractivity contribution in [3.63, 3.8) is 0 Å². The zero-order valence-electron chi connectivity index (χ0n) is 14.1. The van der Waals surface area contributed by atoms with E-state index in [0.29, 0.717) is 5.69 Å². The number of carbonyl (C=O) groups is 1. The minimum absolute atomic E-state index is 0.0224. The van der Waals surface area contributed by atoms with Gasteiger partial charge in [0, 0.05) is 38.9 Å². The van der Waals surface area contributed by atoms with Gasteiger partial charge in [-0.15, -0.1) is 0 Å². The maximum atomic E-state index is 12.6. The molecule has 1 atom stereocenters. The van der Waals surface area contributed by atoms with E-state index in [1.165, 1.54) is 12.8 Å². The fraction of sp³-hybridized carbons (Fsp3) is 0.529. The molecule has 0 aliphatic carbocycles. The van der Waals surface area contributed by atoms with Crippen LogP contribution in [0, 0.1) is 6.92 Å². The Morgan fingerprint density at radius 1 is 1.21 bits per heavy atom. The first-order chi connectivity index (χ1) is 11.6. The molecule has 1 amide bonds. The first-order valence-electron chi connectivity index (χ1n) is 8.53. The normalized spacial score (nSPS) is 20.3. The standard InChI is InChI=1S/C17H22N6O/c1-12-18-14(11-16(19-12)22-7-3-4-8-22)15-6-10-23(15)17(24)13-5-9-21(2)20-13/h5,9,11,15H,3-4,6-8,10H2,1-2H3. The fourth-order valence-electron chi connectivity index (χ4n) is 3.47. The topological polar surface area (TPSA) is 67.2 Å². The van der Waals surface area contributed by atoms with Crippen LogP contribution in [0.4, 0.5) is 5.82 Å². The Bertz CT molecular complexity index is 764. The predicted octanol–water partition coefficient (Wildman–Crippen LogP) is 1.71. The van der Waals surface area contributed by atoms with Gasteiger partial charge >= 0.3 is 0 Å². The number of hydrogen-bond donors (Lipinski definition) is 0. The molecule has 0 saturated carbocycles. The van der Waals surface area contributed by atoms with E-state index in [0.717, 1.165) is 43.4 Å². The van der Waals surface area contributed by atoms with Gasteiger partial charge in [0.05, 0.1) is 11.7 Å². The summed E-state index contributed by atoms with van der Waals surface area (Å²) in [6.45, 7) is 4.78. The summed E-state index contributed by atoms with van der Waals surface area (Å²) >= 11 is 0. The van der Waals surface area contributed by atoms with Crippen LogP contribution in [0.1, 0.15) is 47.3 Å². The van der Waals surface area contributed by atoms with Gasteiger partial charge < -0.3 is 9.80 Å². The van der Waals surface area contributed by atoms with E-state index in [9.17, 15) is 4.79 Å². The fourth-order valence-corrected chi connectivity index (χ4v) is 3.47. The monoisotopic (exact) mass is 326 g/mol. The second kappa shape index (κ2) is 5.89.